The average molecular weight is 459 g/mol. The standard InChI is InChI=1S/C23H23FN2O5S/c1-15-8-11-20(21(12-15)30-3)31-14-23(27)25-17-10-9-16(2)22(13-17)32(28,29)26-19-7-5-4-6-18(19)24/h4-13,26H,14H2,1-3H3,(H,25,27). The molecule has 0 aliphatic heterocycles. The van der Waals surface area contributed by atoms with Gasteiger partial charge in [-0.3, -0.25) is 9.52 Å². The summed E-state index contributed by atoms with van der Waals surface area (Å²) in [5.74, 6) is -0.265. The average Bonchev–Trinajstić information content (AvgIpc) is 2.75. The van der Waals surface area contributed by atoms with E-state index >= 15 is 0 Å². The molecule has 3 aromatic rings. The van der Waals surface area contributed by atoms with Gasteiger partial charge >= 0.3 is 0 Å². The van der Waals surface area contributed by atoms with Crippen molar-refractivity contribution in [2.45, 2.75) is 18.7 Å². The number of ether oxygens (including phenoxy) is 2. The molecule has 0 heterocycles. The Morgan fingerprint density at radius 2 is 1.75 bits per heavy atom. The molecular formula is C23H23FN2O5S. The molecule has 0 radical (unpaired) electrons. The number of rotatable bonds is 8. The minimum absolute atomic E-state index is 0.0836. The fourth-order valence-corrected chi connectivity index (χ4v) is 4.28. The molecule has 1 amide bonds. The van der Waals surface area contributed by atoms with E-state index < -0.39 is 21.7 Å². The van der Waals surface area contributed by atoms with Crippen molar-refractivity contribution < 1.29 is 27.1 Å². The first kappa shape index (κ1) is 23.1. The van der Waals surface area contributed by atoms with Crippen LogP contribution >= 0.6 is 0 Å². The number of hydrogen-bond acceptors (Lipinski definition) is 5. The van der Waals surface area contributed by atoms with Crippen molar-refractivity contribution in [3.8, 4) is 11.5 Å². The molecule has 0 spiro atoms. The molecule has 0 aliphatic carbocycles. The van der Waals surface area contributed by atoms with Crippen LogP contribution in [-0.4, -0.2) is 28.0 Å². The molecule has 3 aromatic carbocycles. The maximum Gasteiger partial charge on any atom is 0.262 e. The van der Waals surface area contributed by atoms with E-state index in [9.17, 15) is 17.6 Å². The van der Waals surface area contributed by atoms with Crippen LogP contribution in [0, 0.1) is 19.7 Å². The van der Waals surface area contributed by atoms with E-state index in [0.717, 1.165) is 11.6 Å². The molecule has 0 atom stereocenters. The van der Waals surface area contributed by atoms with Gasteiger partial charge in [-0.15, -0.1) is 0 Å². The highest BCUT2D eigenvalue weighted by Gasteiger charge is 2.20. The van der Waals surface area contributed by atoms with Crippen molar-refractivity contribution in [1.82, 2.24) is 0 Å². The lowest BCUT2D eigenvalue weighted by Crippen LogP contribution is -2.21. The van der Waals surface area contributed by atoms with Gasteiger partial charge in [-0.05, 0) is 61.4 Å². The molecule has 2 N–H and O–H groups in total. The molecule has 0 aromatic heterocycles. The summed E-state index contributed by atoms with van der Waals surface area (Å²) in [7, 11) is -2.58. The van der Waals surface area contributed by atoms with Gasteiger partial charge in [-0.2, -0.15) is 0 Å². The van der Waals surface area contributed by atoms with E-state index in [0.29, 0.717) is 17.1 Å². The number of halogens is 1. The third-order valence-electron chi connectivity index (χ3n) is 4.56. The van der Waals surface area contributed by atoms with Crippen LogP contribution in [0.1, 0.15) is 11.1 Å². The van der Waals surface area contributed by atoms with Crippen LogP contribution in [0.5, 0.6) is 11.5 Å². The number of nitrogens with one attached hydrogen (secondary N) is 2. The van der Waals surface area contributed by atoms with Gasteiger partial charge in [0.05, 0.1) is 17.7 Å². The summed E-state index contributed by atoms with van der Waals surface area (Å²) in [4.78, 5) is 12.3. The molecule has 168 valence electrons. The van der Waals surface area contributed by atoms with Crippen LogP contribution < -0.4 is 19.5 Å². The van der Waals surface area contributed by atoms with E-state index in [4.69, 9.17) is 9.47 Å². The summed E-state index contributed by atoms with van der Waals surface area (Å²) in [6.07, 6.45) is 0. The van der Waals surface area contributed by atoms with Crippen molar-refractivity contribution in [2.75, 3.05) is 23.8 Å². The Labute approximate surface area is 186 Å². The van der Waals surface area contributed by atoms with Crippen LogP contribution in [0.4, 0.5) is 15.8 Å². The van der Waals surface area contributed by atoms with Gasteiger partial charge in [0, 0.05) is 5.69 Å². The number of sulfonamides is 1. The minimum atomic E-state index is -4.08. The van der Waals surface area contributed by atoms with Crippen LogP contribution in [0.15, 0.2) is 65.6 Å². The van der Waals surface area contributed by atoms with Gasteiger partial charge in [0.2, 0.25) is 0 Å². The van der Waals surface area contributed by atoms with Gasteiger partial charge in [-0.25, -0.2) is 12.8 Å². The van der Waals surface area contributed by atoms with Crippen molar-refractivity contribution in [3.63, 3.8) is 0 Å². The Morgan fingerprint density at radius 1 is 1.00 bits per heavy atom. The monoisotopic (exact) mass is 458 g/mol. The summed E-state index contributed by atoms with van der Waals surface area (Å²) < 4.78 is 52.5. The summed E-state index contributed by atoms with van der Waals surface area (Å²) in [6.45, 7) is 3.21. The first-order chi connectivity index (χ1) is 15.2. The van der Waals surface area contributed by atoms with Crippen molar-refractivity contribution in [1.29, 1.82) is 0 Å². The molecular weight excluding hydrogens is 435 g/mol. The third-order valence-corrected chi connectivity index (χ3v) is 6.06. The number of anilines is 2. The van der Waals surface area contributed by atoms with Crippen molar-refractivity contribution in [3.05, 3.63) is 77.6 Å². The lowest BCUT2D eigenvalue weighted by atomic mass is 10.2. The number of carbonyl (C=O) groups excluding carboxylic acids is 1. The molecule has 3 rings (SSSR count). The lowest BCUT2D eigenvalue weighted by Gasteiger charge is -2.14. The van der Waals surface area contributed by atoms with Gasteiger partial charge in [-0.1, -0.05) is 24.3 Å². The number of benzene rings is 3. The fourth-order valence-electron chi connectivity index (χ4n) is 2.95. The number of methoxy groups -OCH3 is 1. The van der Waals surface area contributed by atoms with E-state index in [2.05, 4.69) is 10.0 Å². The van der Waals surface area contributed by atoms with Crippen LogP contribution in [0.25, 0.3) is 0 Å². The molecule has 7 nitrogen and oxygen atoms in total. The number of para-hydroxylation sites is 1. The number of hydrogen-bond donors (Lipinski definition) is 2. The Kier molecular flexibility index (Phi) is 6.99. The zero-order valence-corrected chi connectivity index (χ0v) is 18.6. The molecule has 0 saturated carbocycles. The van der Waals surface area contributed by atoms with Gasteiger partial charge in [0.25, 0.3) is 15.9 Å². The van der Waals surface area contributed by atoms with Crippen LogP contribution in [0.3, 0.4) is 0 Å². The Morgan fingerprint density at radius 3 is 2.47 bits per heavy atom. The molecule has 0 bridgehead atoms. The normalized spacial score (nSPS) is 11.0. The van der Waals surface area contributed by atoms with Crippen molar-refractivity contribution in [2.24, 2.45) is 0 Å². The molecule has 0 aliphatic rings. The Balaban J connectivity index is 1.73. The van der Waals surface area contributed by atoms with Crippen LogP contribution in [-0.2, 0) is 14.8 Å². The zero-order chi connectivity index (χ0) is 23.3. The summed E-state index contributed by atoms with van der Waals surface area (Å²) >= 11 is 0. The quantitative estimate of drug-likeness (QED) is 0.526. The first-order valence-corrected chi connectivity index (χ1v) is 11.1. The molecule has 9 heteroatoms. The Hall–Kier alpha value is -3.59. The highest BCUT2D eigenvalue weighted by Crippen LogP contribution is 2.28. The fraction of sp³-hybridized carbons (Fsp3) is 0.174. The molecule has 32 heavy (non-hydrogen) atoms. The highest BCUT2D eigenvalue weighted by atomic mass is 32.2. The third kappa shape index (κ3) is 5.55. The van der Waals surface area contributed by atoms with E-state index in [-0.39, 0.29) is 22.9 Å². The highest BCUT2D eigenvalue weighted by molar-refractivity contribution is 7.92. The van der Waals surface area contributed by atoms with Gasteiger partial charge in [0.15, 0.2) is 18.1 Å². The van der Waals surface area contributed by atoms with Gasteiger partial charge in [0.1, 0.15) is 5.82 Å². The molecule has 0 unspecified atom stereocenters. The number of aryl methyl sites for hydroxylation is 2. The van der Waals surface area contributed by atoms with E-state index in [1.54, 1.807) is 31.2 Å². The second-order valence-electron chi connectivity index (χ2n) is 7.06. The zero-order valence-electron chi connectivity index (χ0n) is 17.8. The summed E-state index contributed by atoms with van der Waals surface area (Å²) in [5.41, 5.74) is 1.51. The Bertz CT molecular complexity index is 1240. The smallest absolute Gasteiger partial charge is 0.262 e. The largest absolute Gasteiger partial charge is 0.493 e. The SMILES string of the molecule is COc1cc(C)ccc1OCC(=O)Nc1ccc(C)c(S(=O)(=O)Nc2ccccc2F)c1. The molecule has 0 fully saturated rings. The lowest BCUT2D eigenvalue weighted by molar-refractivity contribution is -0.118. The topological polar surface area (TPSA) is 93.7 Å². The maximum absolute atomic E-state index is 13.9. The number of carbonyl (C=O) groups is 1. The van der Waals surface area contributed by atoms with Crippen LogP contribution in [0.2, 0.25) is 0 Å². The second-order valence-corrected chi connectivity index (χ2v) is 8.71. The number of amides is 1. The summed E-state index contributed by atoms with van der Waals surface area (Å²) in [5, 5.41) is 2.60. The van der Waals surface area contributed by atoms with Crippen molar-refractivity contribution >= 4 is 27.3 Å². The van der Waals surface area contributed by atoms with Gasteiger partial charge < -0.3 is 14.8 Å². The van der Waals surface area contributed by atoms with E-state index in [1.807, 2.05) is 13.0 Å². The minimum Gasteiger partial charge on any atom is -0.493 e. The maximum atomic E-state index is 13.9. The first-order valence-electron chi connectivity index (χ1n) is 9.65. The summed E-state index contributed by atoms with van der Waals surface area (Å²) in [6, 6.07) is 15.2. The van der Waals surface area contributed by atoms with E-state index in [1.165, 1.54) is 31.4 Å². The second kappa shape index (κ2) is 9.69. The predicted molar refractivity (Wildman–Crippen MR) is 120 cm³/mol. The predicted octanol–water partition coefficient (Wildman–Crippen LogP) is 4.27. The molecule has 0 saturated heterocycles.